The van der Waals surface area contributed by atoms with E-state index in [1.807, 2.05) is 0 Å². The van der Waals surface area contributed by atoms with E-state index in [4.69, 9.17) is 9.47 Å². The molecule has 40 heavy (non-hydrogen) atoms. The first-order chi connectivity index (χ1) is 19.4. The van der Waals surface area contributed by atoms with Gasteiger partial charge in [-0.1, -0.05) is 53.4 Å². The van der Waals surface area contributed by atoms with Gasteiger partial charge < -0.3 is 14.6 Å². The summed E-state index contributed by atoms with van der Waals surface area (Å²) in [6.45, 7) is 0.693. The number of Topliss-reactive ketones (excluding diaryl/α,β-unsaturated/α-hetero) is 1. The van der Waals surface area contributed by atoms with E-state index in [1.165, 1.54) is 54.2 Å². The van der Waals surface area contributed by atoms with Crippen LogP contribution >= 0.6 is 23.1 Å². The lowest BCUT2D eigenvalue weighted by Gasteiger charge is -2.23. The number of aromatic nitrogens is 2. The number of ether oxygens (including phenoxy) is 2. The highest BCUT2D eigenvalue weighted by atomic mass is 32.2. The first kappa shape index (κ1) is 26.0. The number of hydrogen-bond donors (Lipinski definition) is 1. The van der Waals surface area contributed by atoms with E-state index in [0.29, 0.717) is 34.8 Å². The summed E-state index contributed by atoms with van der Waals surface area (Å²) in [5.74, 6) is -2.13. The molecule has 1 saturated heterocycles. The Morgan fingerprint density at radius 2 is 1.75 bits per heavy atom. The van der Waals surface area contributed by atoms with Crippen LogP contribution < -0.4 is 14.4 Å². The number of amides is 1. The molecule has 0 bridgehead atoms. The molecule has 12 heteroatoms. The molecular formula is C28H19F2N3O5S2. The molecule has 1 unspecified atom stereocenters. The molecule has 1 N–H and O–H groups in total. The van der Waals surface area contributed by atoms with Gasteiger partial charge in [-0.05, 0) is 42.0 Å². The lowest BCUT2D eigenvalue weighted by molar-refractivity contribution is -0.132. The summed E-state index contributed by atoms with van der Waals surface area (Å²) in [4.78, 5) is 27.8. The number of aliphatic hydroxyl groups is 1. The van der Waals surface area contributed by atoms with E-state index in [-0.39, 0.29) is 27.6 Å². The highest BCUT2D eigenvalue weighted by molar-refractivity contribution is 8.00. The molecule has 2 aliphatic heterocycles. The molecular weight excluding hydrogens is 560 g/mol. The van der Waals surface area contributed by atoms with Crippen LogP contribution in [0.3, 0.4) is 0 Å². The summed E-state index contributed by atoms with van der Waals surface area (Å²) in [5.41, 5.74) is 0.782. The number of ketones is 1. The molecule has 0 spiro atoms. The Morgan fingerprint density at radius 3 is 2.52 bits per heavy atom. The molecule has 202 valence electrons. The van der Waals surface area contributed by atoms with Crippen LogP contribution in [0, 0.1) is 11.6 Å². The third-order valence-electron chi connectivity index (χ3n) is 6.34. The van der Waals surface area contributed by atoms with Crippen LogP contribution in [0.5, 0.6) is 11.5 Å². The summed E-state index contributed by atoms with van der Waals surface area (Å²) in [6, 6.07) is 15.1. The van der Waals surface area contributed by atoms with Gasteiger partial charge >= 0.3 is 5.91 Å². The molecule has 1 aromatic heterocycles. The fraction of sp³-hybridized carbons (Fsp3) is 0.143. The van der Waals surface area contributed by atoms with Crippen LogP contribution in [0.1, 0.15) is 22.7 Å². The Morgan fingerprint density at radius 1 is 1.00 bits per heavy atom. The van der Waals surface area contributed by atoms with Crippen molar-refractivity contribution in [2.24, 2.45) is 0 Å². The molecule has 1 atom stereocenters. The second-order valence-electron chi connectivity index (χ2n) is 8.81. The minimum absolute atomic E-state index is 0.0107. The monoisotopic (exact) mass is 579 g/mol. The van der Waals surface area contributed by atoms with Crippen LogP contribution in [0.2, 0.25) is 0 Å². The van der Waals surface area contributed by atoms with Crippen LogP contribution in [-0.4, -0.2) is 40.2 Å². The van der Waals surface area contributed by atoms with Crippen LogP contribution in [0.25, 0.3) is 5.76 Å². The number of fused-ring (bicyclic) bond motifs is 1. The van der Waals surface area contributed by atoms with Crippen molar-refractivity contribution in [3.8, 4) is 11.5 Å². The van der Waals surface area contributed by atoms with E-state index in [9.17, 15) is 19.1 Å². The topological polar surface area (TPSA) is 102 Å². The zero-order chi connectivity index (χ0) is 27.8. The van der Waals surface area contributed by atoms with Crippen molar-refractivity contribution in [3.05, 3.63) is 101 Å². The maximum absolute atomic E-state index is 15.1. The maximum Gasteiger partial charge on any atom is 0.301 e. The maximum atomic E-state index is 15.1. The number of hydrogen-bond acceptors (Lipinski definition) is 9. The fourth-order valence-electron chi connectivity index (χ4n) is 4.45. The predicted octanol–water partition coefficient (Wildman–Crippen LogP) is 5.51. The molecule has 1 fully saturated rings. The Hall–Kier alpha value is -4.29. The second kappa shape index (κ2) is 10.7. The first-order valence-corrected chi connectivity index (χ1v) is 13.9. The number of carbonyl (C=O) groups excluding carboxylic acids is 2. The Labute approximate surface area is 234 Å². The number of anilines is 1. The van der Waals surface area contributed by atoms with Crippen molar-refractivity contribution >= 4 is 45.7 Å². The van der Waals surface area contributed by atoms with Crippen LogP contribution in [-0.2, 0) is 15.3 Å². The summed E-state index contributed by atoms with van der Waals surface area (Å²) in [7, 11) is 0. The highest BCUT2D eigenvalue weighted by Gasteiger charge is 2.49. The predicted molar refractivity (Wildman–Crippen MR) is 144 cm³/mol. The quantitative estimate of drug-likeness (QED) is 0.105. The van der Waals surface area contributed by atoms with Crippen molar-refractivity contribution in [3.63, 3.8) is 0 Å². The second-order valence-corrected chi connectivity index (χ2v) is 11.0. The summed E-state index contributed by atoms with van der Waals surface area (Å²) in [5, 5.41) is 19.6. The largest absolute Gasteiger partial charge is 0.507 e. The molecule has 1 amide bonds. The van der Waals surface area contributed by atoms with Crippen LogP contribution in [0.4, 0.5) is 13.9 Å². The Bertz CT molecular complexity index is 1660. The zero-order valence-electron chi connectivity index (χ0n) is 20.5. The smallest absolute Gasteiger partial charge is 0.301 e. The number of carbonyl (C=O) groups is 2. The van der Waals surface area contributed by atoms with Gasteiger partial charge in [0.05, 0.1) is 5.57 Å². The van der Waals surface area contributed by atoms with Gasteiger partial charge in [0.15, 0.2) is 15.8 Å². The molecule has 3 heterocycles. The van der Waals surface area contributed by atoms with E-state index < -0.39 is 29.3 Å². The standard InChI is InChI=1S/C28H19F2N3O5S2/c29-17-8-5-15(6-9-17)14-39-28-32-31-27(40-28)33-23(18-3-1-2-4-19(18)30)22(25(35)26(33)36)24(34)16-7-10-20-21(13-16)38-12-11-37-20/h1-10,13,23,34H,11-12,14H2/b24-22-. The minimum Gasteiger partial charge on any atom is -0.507 e. The average molecular weight is 580 g/mol. The summed E-state index contributed by atoms with van der Waals surface area (Å²) >= 11 is 2.36. The van der Waals surface area contributed by atoms with E-state index >= 15 is 4.39 Å². The highest BCUT2D eigenvalue weighted by Crippen LogP contribution is 2.45. The molecule has 3 aromatic carbocycles. The van der Waals surface area contributed by atoms with Gasteiger partial charge in [0.2, 0.25) is 5.13 Å². The lowest BCUT2D eigenvalue weighted by atomic mass is 9.95. The fourth-order valence-corrected chi connectivity index (χ4v) is 6.27. The molecule has 0 saturated carbocycles. The number of benzene rings is 3. The van der Waals surface area contributed by atoms with Gasteiger partial charge in [0.1, 0.15) is 36.6 Å². The summed E-state index contributed by atoms with van der Waals surface area (Å²) < 4.78 is 40.0. The number of halogens is 2. The van der Waals surface area contributed by atoms with Crippen molar-refractivity contribution in [1.82, 2.24) is 10.2 Å². The van der Waals surface area contributed by atoms with Crippen molar-refractivity contribution in [2.75, 3.05) is 18.1 Å². The van der Waals surface area contributed by atoms with Crippen LogP contribution in [0.15, 0.2) is 76.6 Å². The third-order valence-corrected chi connectivity index (χ3v) is 8.46. The number of aliphatic hydroxyl groups excluding tert-OH is 1. The molecule has 6 rings (SSSR count). The number of rotatable bonds is 6. The van der Waals surface area contributed by atoms with Gasteiger partial charge in [-0.2, -0.15) is 0 Å². The van der Waals surface area contributed by atoms with Gasteiger partial charge in [0, 0.05) is 16.9 Å². The molecule has 4 aromatic rings. The first-order valence-electron chi connectivity index (χ1n) is 12.1. The third kappa shape index (κ3) is 4.80. The van der Waals surface area contributed by atoms with E-state index in [0.717, 1.165) is 21.8 Å². The number of thioether (sulfide) groups is 1. The minimum atomic E-state index is -1.29. The normalized spacial score (nSPS) is 17.9. The van der Waals surface area contributed by atoms with Crippen molar-refractivity contribution < 1.29 is 33.0 Å². The van der Waals surface area contributed by atoms with Gasteiger partial charge in [-0.3, -0.25) is 14.5 Å². The SMILES string of the molecule is O=C1C(=O)N(c2nnc(SCc3ccc(F)cc3)s2)C(c2ccccc2F)/C1=C(/O)c1ccc2c(c1)OCCO2. The van der Waals surface area contributed by atoms with E-state index in [1.54, 1.807) is 24.3 Å². The molecule has 8 nitrogen and oxygen atoms in total. The van der Waals surface area contributed by atoms with Crippen molar-refractivity contribution in [2.45, 2.75) is 16.1 Å². The van der Waals surface area contributed by atoms with Gasteiger partial charge in [-0.15, -0.1) is 10.2 Å². The molecule has 0 aliphatic carbocycles. The zero-order valence-corrected chi connectivity index (χ0v) is 22.2. The summed E-state index contributed by atoms with van der Waals surface area (Å²) in [6.07, 6.45) is 0. The van der Waals surface area contributed by atoms with Gasteiger partial charge in [0.25, 0.3) is 5.78 Å². The lowest BCUT2D eigenvalue weighted by Crippen LogP contribution is -2.29. The van der Waals surface area contributed by atoms with Gasteiger partial charge in [-0.25, -0.2) is 8.78 Å². The van der Waals surface area contributed by atoms with E-state index in [2.05, 4.69) is 10.2 Å². The Balaban J connectivity index is 1.39. The van der Waals surface area contributed by atoms with Crippen molar-refractivity contribution in [1.29, 1.82) is 0 Å². The molecule has 2 aliphatic rings. The molecule has 0 radical (unpaired) electrons. The Kier molecular flexibility index (Phi) is 6.95. The number of nitrogens with zero attached hydrogens (tertiary/aromatic N) is 3. The average Bonchev–Trinajstić information content (AvgIpc) is 3.54.